The van der Waals surface area contributed by atoms with Crippen molar-refractivity contribution in [3.05, 3.63) is 54.2 Å². The van der Waals surface area contributed by atoms with Crippen LogP contribution in [0.3, 0.4) is 0 Å². The second kappa shape index (κ2) is 6.43. The van der Waals surface area contributed by atoms with Crippen molar-refractivity contribution in [2.75, 3.05) is 6.61 Å². The monoisotopic (exact) mass is 259 g/mol. The predicted octanol–water partition coefficient (Wildman–Crippen LogP) is 1.53. The number of aromatic nitrogens is 1. The van der Waals surface area contributed by atoms with Gasteiger partial charge in [-0.05, 0) is 24.1 Å². The Morgan fingerprint density at radius 2 is 1.74 bits per heavy atom. The van der Waals surface area contributed by atoms with E-state index < -0.39 is 12.2 Å². The molecule has 0 aliphatic carbocycles. The third-order valence-electron chi connectivity index (χ3n) is 3.00. The average molecular weight is 259 g/mol. The van der Waals surface area contributed by atoms with Crippen LogP contribution in [-0.4, -0.2) is 33.0 Å². The molecule has 100 valence electrons. The van der Waals surface area contributed by atoms with Crippen molar-refractivity contribution in [3.8, 4) is 11.3 Å². The molecule has 0 bridgehead atoms. The standard InChI is InChI=1S/C15H17NO3/c17-10-8-14(18)15(19)12-6-4-11(5-7-12)13-3-1-2-9-16-13/h1-7,9,14-15,17-19H,8,10H2. The molecule has 0 radical (unpaired) electrons. The Bertz CT molecular complexity index is 499. The molecule has 0 fully saturated rings. The van der Waals surface area contributed by atoms with E-state index in [4.69, 9.17) is 5.11 Å². The van der Waals surface area contributed by atoms with Crippen LogP contribution in [0.2, 0.25) is 0 Å². The van der Waals surface area contributed by atoms with Crippen molar-refractivity contribution in [3.63, 3.8) is 0 Å². The molecule has 0 aliphatic heterocycles. The molecule has 0 aliphatic rings. The van der Waals surface area contributed by atoms with E-state index in [0.29, 0.717) is 5.56 Å². The Morgan fingerprint density at radius 1 is 1.00 bits per heavy atom. The van der Waals surface area contributed by atoms with Gasteiger partial charge in [-0.3, -0.25) is 4.98 Å². The second-order valence-corrected chi connectivity index (χ2v) is 4.36. The van der Waals surface area contributed by atoms with Crippen molar-refractivity contribution in [2.24, 2.45) is 0 Å². The second-order valence-electron chi connectivity index (χ2n) is 4.36. The summed E-state index contributed by atoms with van der Waals surface area (Å²) in [6.07, 6.45) is -0.0534. The van der Waals surface area contributed by atoms with E-state index in [1.807, 2.05) is 30.3 Å². The highest BCUT2D eigenvalue weighted by molar-refractivity contribution is 5.59. The molecular weight excluding hydrogens is 242 g/mol. The lowest BCUT2D eigenvalue weighted by molar-refractivity contribution is 0.00422. The summed E-state index contributed by atoms with van der Waals surface area (Å²) in [5.41, 5.74) is 2.44. The zero-order valence-corrected chi connectivity index (χ0v) is 10.5. The van der Waals surface area contributed by atoms with Crippen LogP contribution in [0.15, 0.2) is 48.7 Å². The highest BCUT2D eigenvalue weighted by atomic mass is 16.3. The Kier molecular flexibility index (Phi) is 4.63. The highest BCUT2D eigenvalue weighted by Crippen LogP contribution is 2.22. The SMILES string of the molecule is OCCC(O)C(O)c1ccc(-c2ccccn2)cc1. The molecule has 1 aromatic carbocycles. The van der Waals surface area contributed by atoms with Crippen LogP contribution in [0.4, 0.5) is 0 Å². The van der Waals surface area contributed by atoms with Gasteiger partial charge in [-0.15, -0.1) is 0 Å². The first kappa shape index (κ1) is 13.7. The average Bonchev–Trinajstić information content (AvgIpc) is 2.48. The van der Waals surface area contributed by atoms with Gasteiger partial charge in [0.15, 0.2) is 0 Å². The summed E-state index contributed by atoms with van der Waals surface area (Å²) in [5.74, 6) is 0. The number of hydrogen-bond donors (Lipinski definition) is 3. The summed E-state index contributed by atoms with van der Waals surface area (Å²) in [6.45, 7) is -0.149. The van der Waals surface area contributed by atoms with E-state index in [1.165, 1.54) is 0 Å². The molecule has 0 spiro atoms. The van der Waals surface area contributed by atoms with Crippen molar-refractivity contribution < 1.29 is 15.3 Å². The molecule has 2 aromatic rings. The minimum absolute atomic E-state index is 0.149. The molecule has 0 saturated carbocycles. The lowest BCUT2D eigenvalue weighted by atomic mass is 10.00. The summed E-state index contributed by atoms with van der Waals surface area (Å²) in [6, 6.07) is 12.9. The van der Waals surface area contributed by atoms with Gasteiger partial charge in [0.05, 0.1) is 11.8 Å². The van der Waals surface area contributed by atoms with Gasteiger partial charge in [0.1, 0.15) is 6.10 Å². The number of hydrogen-bond acceptors (Lipinski definition) is 4. The molecule has 2 rings (SSSR count). The highest BCUT2D eigenvalue weighted by Gasteiger charge is 2.17. The fraction of sp³-hybridized carbons (Fsp3) is 0.267. The Morgan fingerprint density at radius 3 is 2.32 bits per heavy atom. The Balaban J connectivity index is 2.15. The molecule has 2 atom stereocenters. The van der Waals surface area contributed by atoms with Crippen LogP contribution in [0, 0.1) is 0 Å². The van der Waals surface area contributed by atoms with Gasteiger partial charge < -0.3 is 15.3 Å². The zero-order valence-electron chi connectivity index (χ0n) is 10.5. The zero-order chi connectivity index (χ0) is 13.7. The molecule has 3 N–H and O–H groups in total. The van der Waals surface area contributed by atoms with Crippen LogP contribution in [0.5, 0.6) is 0 Å². The van der Waals surface area contributed by atoms with E-state index in [9.17, 15) is 10.2 Å². The summed E-state index contributed by atoms with van der Waals surface area (Å²) in [7, 11) is 0. The fourth-order valence-corrected chi connectivity index (χ4v) is 1.90. The van der Waals surface area contributed by atoms with Crippen LogP contribution >= 0.6 is 0 Å². The molecule has 1 aromatic heterocycles. The van der Waals surface area contributed by atoms with Gasteiger partial charge in [-0.25, -0.2) is 0 Å². The molecule has 4 nitrogen and oxygen atoms in total. The van der Waals surface area contributed by atoms with Gasteiger partial charge >= 0.3 is 0 Å². The topological polar surface area (TPSA) is 73.6 Å². The van der Waals surface area contributed by atoms with Crippen LogP contribution in [-0.2, 0) is 0 Å². The number of benzene rings is 1. The number of pyridine rings is 1. The normalized spacial score (nSPS) is 14.1. The first-order chi connectivity index (χ1) is 9.22. The third-order valence-corrected chi connectivity index (χ3v) is 3.00. The summed E-state index contributed by atoms with van der Waals surface area (Å²) >= 11 is 0. The van der Waals surface area contributed by atoms with Crippen LogP contribution in [0.1, 0.15) is 18.1 Å². The summed E-state index contributed by atoms with van der Waals surface area (Å²) in [5, 5.41) is 28.3. The van der Waals surface area contributed by atoms with Gasteiger partial charge in [0, 0.05) is 18.4 Å². The summed E-state index contributed by atoms with van der Waals surface area (Å²) < 4.78 is 0. The van der Waals surface area contributed by atoms with Gasteiger partial charge in [-0.2, -0.15) is 0 Å². The molecule has 19 heavy (non-hydrogen) atoms. The molecule has 0 saturated heterocycles. The molecule has 0 amide bonds. The minimum Gasteiger partial charge on any atom is -0.396 e. The van der Waals surface area contributed by atoms with E-state index in [1.54, 1.807) is 18.3 Å². The van der Waals surface area contributed by atoms with Crippen LogP contribution < -0.4 is 0 Å². The lowest BCUT2D eigenvalue weighted by Crippen LogP contribution is -2.19. The number of nitrogens with zero attached hydrogens (tertiary/aromatic N) is 1. The first-order valence-corrected chi connectivity index (χ1v) is 6.20. The van der Waals surface area contributed by atoms with Gasteiger partial charge in [-0.1, -0.05) is 30.3 Å². The molecule has 1 heterocycles. The minimum atomic E-state index is -0.982. The number of rotatable bonds is 5. The number of aliphatic hydroxyl groups is 3. The van der Waals surface area contributed by atoms with Gasteiger partial charge in [0.25, 0.3) is 0 Å². The van der Waals surface area contributed by atoms with Crippen molar-refractivity contribution in [1.29, 1.82) is 0 Å². The third kappa shape index (κ3) is 3.38. The Labute approximate surface area is 112 Å². The van der Waals surface area contributed by atoms with E-state index in [0.717, 1.165) is 11.3 Å². The quantitative estimate of drug-likeness (QED) is 0.761. The Hall–Kier alpha value is -1.75. The maximum absolute atomic E-state index is 9.90. The molecular formula is C15H17NO3. The lowest BCUT2D eigenvalue weighted by Gasteiger charge is -2.17. The first-order valence-electron chi connectivity index (χ1n) is 6.20. The molecule has 2 unspecified atom stereocenters. The maximum atomic E-state index is 9.90. The van der Waals surface area contributed by atoms with Gasteiger partial charge in [0.2, 0.25) is 0 Å². The van der Waals surface area contributed by atoms with Crippen molar-refractivity contribution >= 4 is 0 Å². The molecule has 4 heteroatoms. The van der Waals surface area contributed by atoms with E-state index >= 15 is 0 Å². The smallest absolute Gasteiger partial charge is 0.105 e. The fourth-order valence-electron chi connectivity index (χ4n) is 1.90. The van der Waals surface area contributed by atoms with Crippen LogP contribution in [0.25, 0.3) is 11.3 Å². The number of aliphatic hydroxyl groups excluding tert-OH is 3. The summed E-state index contributed by atoms with van der Waals surface area (Å²) in [4.78, 5) is 4.24. The van der Waals surface area contributed by atoms with E-state index in [-0.39, 0.29) is 13.0 Å². The maximum Gasteiger partial charge on any atom is 0.105 e. The largest absolute Gasteiger partial charge is 0.396 e. The van der Waals surface area contributed by atoms with Crippen molar-refractivity contribution in [2.45, 2.75) is 18.6 Å². The van der Waals surface area contributed by atoms with E-state index in [2.05, 4.69) is 4.98 Å². The predicted molar refractivity (Wildman–Crippen MR) is 72.3 cm³/mol. The van der Waals surface area contributed by atoms with Crippen molar-refractivity contribution in [1.82, 2.24) is 4.98 Å².